The summed E-state index contributed by atoms with van der Waals surface area (Å²) in [6.45, 7) is 8.18. The van der Waals surface area contributed by atoms with Gasteiger partial charge in [-0.2, -0.15) is 0 Å². The minimum Gasteiger partial charge on any atom is -0.449 e. The fourth-order valence-electron chi connectivity index (χ4n) is 2.16. The van der Waals surface area contributed by atoms with Gasteiger partial charge in [0, 0.05) is 13.1 Å². The van der Waals surface area contributed by atoms with Crippen molar-refractivity contribution >= 4 is 23.7 Å². The molecule has 1 saturated heterocycles. The van der Waals surface area contributed by atoms with Gasteiger partial charge in [-0.25, -0.2) is 4.79 Å². The molecule has 5 nitrogen and oxygen atoms in total. The summed E-state index contributed by atoms with van der Waals surface area (Å²) in [7, 11) is 0. The number of hydrogen-bond donors (Lipinski definition) is 0. The topological polar surface area (TPSA) is 55.8 Å². The van der Waals surface area contributed by atoms with E-state index in [-0.39, 0.29) is 18.1 Å². The smallest absolute Gasteiger partial charge is 0.410 e. The number of halogens is 1. The summed E-state index contributed by atoms with van der Waals surface area (Å²) in [5.74, 6) is -0.337. The maximum absolute atomic E-state index is 12.0. The van der Waals surface area contributed by atoms with Crippen molar-refractivity contribution in [2.45, 2.75) is 46.1 Å². The summed E-state index contributed by atoms with van der Waals surface area (Å²) >= 11 is 5.43. The van der Waals surface area contributed by atoms with Crippen LogP contribution in [0.25, 0.3) is 0 Å². The minimum atomic E-state index is -0.647. The molecule has 0 radical (unpaired) electrons. The maximum atomic E-state index is 12.0. The molecular formula is C13H22ClNO4. The number of carbonyl (C=O) groups excluding carboxylic acids is 2. The van der Waals surface area contributed by atoms with E-state index in [1.807, 2.05) is 27.7 Å². The Labute approximate surface area is 119 Å². The Bertz CT molecular complexity index is 353. The molecule has 6 heteroatoms. The van der Waals surface area contributed by atoms with Gasteiger partial charge in [0.25, 0.3) is 0 Å². The van der Waals surface area contributed by atoms with E-state index >= 15 is 0 Å². The molecule has 0 aromatic carbocycles. The fraction of sp³-hybridized carbons (Fsp3) is 0.846. The van der Waals surface area contributed by atoms with Crippen LogP contribution in [0.5, 0.6) is 0 Å². The number of likely N-dealkylation sites (tertiary alicyclic amines) is 1. The number of hydrogen-bond acceptors (Lipinski definition) is 4. The molecule has 1 aliphatic rings. The lowest BCUT2D eigenvalue weighted by molar-refractivity contribution is -0.153. The number of carbonyl (C=O) groups is 2. The van der Waals surface area contributed by atoms with Gasteiger partial charge in [0.05, 0.1) is 5.41 Å². The standard InChI is InChI=1S/C13H22ClNO4/c1-5-13(10(16)18-9-14)6-7-15(8-13)11(17)19-12(2,3)4/h5-9H2,1-4H3. The Hall–Kier alpha value is -0.970. The highest BCUT2D eigenvalue weighted by Gasteiger charge is 2.46. The van der Waals surface area contributed by atoms with E-state index in [4.69, 9.17) is 21.1 Å². The van der Waals surface area contributed by atoms with Crippen LogP contribution in [0.1, 0.15) is 40.5 Å². The molecule has 0 bridgehead atoms. The average molecular weight is 292 g/mol. The van der Waals surface area contributed by atoms with Crippen molar-refractivity contribution in [3.8, 4) is 0 Å². The van der Waals surface area contributed by atoms with Crippen LogP contribution < -0.4 is 0 Å². The zero-order valence-corrected chi connectivity index (χ0v) is 12.7. The Morgan fingerprint density at radius 2 is 2.00 bits per heavy atom. The number of rotatable bonds is 3. The number of nitrogens with zero attached hydrogens (tertiary/aromatic N) is 1. The van der Waals surface area contributed by atoms with Gasteiger partial charge in [-0.3, -0.25) is 4.79 Å². The quantitative estimate of drug-likeness (QED) is 0.593. The van der Waals surface area contributed by atoms with Gasteiger partial charge < -0.3 is 14.4 Å². The van der Waals surface area contributed by atoms with E-state index in [9.17, 15) is 9.59 Å². The predicted molar refractivity (Wildman–Crippen MR) is 72.0 cm³/mol. The second-order valence-corrected chi connectivity index (χ2v) is 6.04. The first-order chi connectivity index (χ1) is 8.74. The number of ether oxygens (including phenoxy) is 2. The predicted octanol–water partition coefficient (Wildman–Crippen LogP) is 2.76. The minimum absolute atomic E-state index is 0.160. The molecule has 0 N–H and O–H groups in total. The molecule has 19 heavy (non-hydrogen) atoms. The highest BCUT2D eigenvalue weighted by atomic mass is 35.5. The van der Waals surface area contributed by atoms with Crippen LogP contribution in [0, 0.1) is 5.41 Å². The van der Waals surface area contributed by atoms with Gasteiger partial charge in [0.1, 0.15) is 5.60 Å². The van der Waals surface area contributed by atoms with Gasteiger partial charge in [0.15, 0.2) is 6.07 Å². The maximum Gasteiger partial charge on any atom is 0.410 e. The molecule has 0 spiro atoms. The third-order valence-corrected chi connectivity index (χ3v) is 3.41. The molecule has 1 aliphatic heterocycles. The Morgan fingerprint density at radius 1 is 1.37 bits per heavy atom. The highest BCUT2D eigenvalue weighted by Crippen LogP contribution is 2.36. The third kappa shape index (κ3) is 4.00. The molecular weight excluding hydrogens is 270 g/mol. The Balaban J connectivity index is 2.70. The van der Waals surface area contributed by atoms with Crippen molar-refractivity contribution in [2.24, 2.45) is 5.41 Å². The van der Waals surface area contributed by atoms with Gasteiger partial charge in [-0.15, -0.1) is 0 Å². The zero-order chi connectivity index (χ0) is 14.7. The number of esters is 1. The van der Waals surface area contributed by atoms with E-state index in [0.717, 1.165) is 0 Å². The van der Waals surface area contributed by atoms with E-state index < -0.39 is 11.0 Å². The number of amides is 1. The lowest BCUT2D eigenvalue weighted by atomic mass is 9.84. The molecule has 1 unspecified atom stereocenters. The number of alkyl halides is 1. The normalized spacial score (nSPS) is 23.3. The van der Waals surface area contributed by atoms with Crippen molar-refractivity contribution in [1.82, 2.24) is 4.90 Å². The largest absolute Gasteiger partial charge is 0.449 e. The van der Waals surface area contributed by atoms with Gasteiger partial charge >= 0.3 is 12.1 Å². The van der Waals surface area contributed by atoms with E-state index in [1.165, 1.54) is 0 Å². The van der Waals surface area contributed by atoms with Crippen LogP contribution in [0.15, 0.2) is 0 Å². The van der Waals surface area contributed by atoms with Crippen molar-refractivity contribution in [1.29, 1.82) is 0 Å². The summed E-state index contributed by atoms with van der Waals surface area (Å²) in [5, 5.41) is 0. The molecule has 1 amide bonds. The first-order valence-corrected chi connectivity index (χ1v) is 6.98. The van der Waals surface area contributed by atoms with E-state index in [1.54, 1.807) is 4.90 Å². The summed E-state index contributed by atoms with van der Waals surface area (Å²) in [6, 6.07) is -0.160. The van der Waals surface area contributed by atoms with Crippen LogP contribution in [-0.2, 0) is 14.3 Å². The van der Waals surface area contributed by atoms with Crippen LogP contribution in [0.3, 0.4) is 0 Å². The van der Waals surface area contributed by atoms with E-state index in [2.05, 4.69) is 0 Å². The zero-order valence-electron chi connectivity index (χ0n) is 12.0. The molecule has 110 valence electrons. The first-order valence-electron chi connectivity index (χ1n) is 6.45. The molecule has 1 rings (SSSR count). The molecule has 0 aliphatic carbocycles. The van der Waals surface area contributed by atoms with Crippen molar-refractivity contribution in [3.05, 3.63) is 0 Å². The first kappa shape index (κ1) is 16.1. The highest BCUT2D eigenvalue weighted by molar-refractivity contribution is 6.17. The van der Waals surface area contributed by atoms with Crippen molar-refractivity contribution in [2.75, 3.05) is 19.2 Å². The van der Waals surface area contributed by atoms with Crippen LogP contribution in [-0.4, -0.2) is 41.7 Å². The Kier molecular flexibility index (Phi) is 5.07. The summed E-state index contributed by atoms with van der Waals surface area (Å²) < 4.78 is 10.2. The van der Waals surface area contributed by atoms with Gasteiger partial charge in [-0.05, 0) is 33.6 Å². The molecule has 0 aromatic rings. The summed E-state index contributed by atoms with van der Waals surface area (Å²) in [4.78, 5) is 25.5. The van der Waals surface area contributed by atoms with Crippen LogP contribution >= 0.6 is 11.6 Å². The van der Waals surface area contributed by atoms with Crippen molar-refractivity contribution in [3.63, 3.8) is 0 Å². The van der Waals surface area contributed by atoms with Crippen LogP contribution in [0.2, 0.25) is 0 Å². The lowest BCUT2D eigenvalue weighted by Gasteiger charge is -2.27. The van der Waals surface area contributed by atoms with Gasteiger partial charge in [0.2, 0.25) is 0 Å². The summed E-state index contributed by atoms with van der Waals surface area (Å²) in [5.41, 5.74) is -1.18. The monoisotopic (exact) mass is 291 g/mol. The van der Waals surface area contributed by atoms with Crippen LogP contribution in [0.4, 0.5) is 4.79 Å². The lowest BCUT2D eigenvalue weighted by Crippen LogP contribution is -2.39. The second kappa shape index (κ2) is 5.99. The Morgan fingerprint density at radius 3 is 2.47 bits per heavy atom. The molecule has 1 heterocycles. The average Bonchev–Trinajstić information content (AvgIpc) is 2.72. The molecule has 0 saturated carbocycles. The SMILES string of the molecule is CCC1(C(=O)OCCl)CCN(C(=O)OC(C)(C)C)C1. The fourth-order valence-corrected chi connectivity index (χ4v) is 2.26. The molecule has 1 atom stereocenters. The second-order valence-electron chi connectivity index (χ2n) is 5.83. The van der Waals surface area contributed by atoms with Crippen molar-refractivity contribution < 1.29 is 19.1 Å². The summed E-state index contributed by atoms with van der Waals surface area (Å²) in [6.07, 6.45) is 0.807. The van der Waals surface area contributed by atoms with E-state index in [0.29, 0.717) is 25.9 Å². The molecule has 0 aromatic heterocycles. The third-order valence-electron chi connectivity index (χ3n) is 3.30. The molecule has 1 fully saturated rings. The van der Waals surface area contributed by atoms with Gasteiger partial charge in [-0.1, -0.05) is 18.5 Å².